The summed E-state index contributed by atoms with van der Waals surface area (Å²) in [6.07, 6.45) is 1.82. The molecular formula is C23H24FN3O5S. The predicted molar refractivity (Wildman–Crippen MR) is 120 cm³/mol. The van der Waals surface area contributed by atoms with E-state index in [9.17, 15) is 22.4 Å². The maximum Gasteiger partial charge on any atom is 0.253 e. The van der Waals surface area contributed by atoms with E-state index in [1.807, 2.05) is 0 Å². The van der Waals surface area contributed by atoms with Gasteiger partial charge in [0.1, 0.15) is 11.6 Å². The number of carbonyl (C=O) groups excluding carboxylic acids is 2. The van der Waals surface area contributed by atoms with Gasteiger partial charge in [-0.25, -0.2) is 17.1 Å². The summed E-state index contributed by atoms with van der Waals surface area (Å²) in [7, 11) is -2.38. The number of hydrogen-bond acceptors (Lipinski definition) is 5. The number of nitrogens with zero attached hydrogens (tertiary/aromatic N) is 1. The second-order valence-electron chi connectivity index (χ2n) is 7.24. The summed E-state index contributed by atoms with van der Waals surface area (Å²) < 4.78 is 44.4. The van der Waals surface area contributed by atoms with Crippen LogP contribution in [0.5, 0.6) is 0 Å². The van der Waals surface area contributed by atoms with Crippen LogP contribution in [0.1, 0.15) is 29.0 Å². The van der Waals surface area contributed by atoms with Crippen LogP contribution < -0.4 is 10.6 Å². The van der Waals surface area contributed by atoms with Gasteiger partial charge in [0, 0.05) is 20.0 Å². The number of rotatable bonds is 10. The molecule has 0 saturated carbocycles. The molecule has 0 aliphatic heterocycles. The Balaban J connectivity index is 1.52. The molecule has 3 aromatic rings. The van der Waals surface area contributed by atoms with Gasteiger partial charge in [0.2, 0.25) is 15.9 Å². The van der Waals surface area contributed by atoms with E-state index < -0.39 is 15.8 Å². The van der Waals surface area contributed by atoms with Crippen LogP contribution in [-0.4, -0.2) is 38.1 Å². The van der Waals surface area contributed by atoms with E-state index in [1.165, 1.54) is 25.4 Å². The monoisotopic (exact) mass is 473 g/mol. The van der Waals surface area contributed by atoms with Crippen LogP contribution in [-0.2, 0) is 21.4 Å². The number of halogens is 1. The van der Waals surface area contributed by atoms with E-state index in [1.54, 1.807) is 36.4 Å². The molecule has 0 saturated heterocycles. The lowest BCUT2D eigenvalue weighted by atomic mass is 10.1. The molecule has 33 heavy (non-hydrogen) atoms. The third kappa shape index (κ3) is 6.50. The van der Waals surface area contributed by atoms with Crippen LogP contribution in [0.2, 0.25) is 0 Å². The number of sulfonamides is 1. The Morgan fingerprint density at radius 1 is 1.03 bits per heavy atom. The molecule has 10 heteroatoms. The van der Waals surface area contributed by atoms with Crippen LogP contribution in [0.15, 0.2) is 76.2 Å². The first-order chi connectivity index (χ1) is 15.8. The maximum atomic E-state index is 13.0. The Morgan fingerprint density at radius 2 is 1.76 bits per heavy atom. The van der Waals surface area contributed by atoms with Crippen molar-refractivity contribution in [3.8, 4) is 0 Å². The number of amides is 2. The Labute approximate surface area is 191 Å². The highest BCUT2D eigenvalue weighted by atomic mass is 32.2. The lowest BCUT2D eigenvalue weighted by Gasteiger charge is -2.17. The van der Waals surface area contributed by atoms with Crippen LogP contribution in [0.4, 0.5) is 10.1 Å². The average Bonchev–Trinajstić information content (AvgIpc) is 3.32. The molecule has 0 fully saturated rings. The minimum Gasteiger partial charge on any atom is -0.467 e. The number of hydrogen-bond donors (Lipinski definition) is 2. The molecule has 0 aliphatic rings. The van der Waals surface area contributed by atoms with Gasteiger partial charge in [0.25, 0.3) is 5.91 Å². The molecule has 8 nitrogen and oxygen atoms in total. The third-order valence-corrected chi connectivity index (χ3v) is 6.72. The molecule has 174 valence electrons. The molecule has 2 amide bonds. The number of anilines is 1. The van der Waals surface area contributed by atoms with E-state index in [0.717, 1.165) is 16.4 Å². The maximum absolute atomic E-state index is 13.0. The minimum absolute atomic E-state index is 0.0228. The van der Waals surface area contributed by atoms with Gasteiger partial charge in [0.05, 0.1) is 29.0 Å². The van der Waals surface area contributed by atoms with E-state index in [4.69, 9.17) is 4.42 Å². The Hall–Kier alpha value is -3.50. The number of furan rings is 1. The fourth-order valence-corrected chi connectivity index (χ4v) is 4.26. The SMILES string of the molecule is CN(CCCC(=O)Nc1ccccc1C(=O)NCc1ccco1)S(=O)(=O)c1ccc(F)cc1. The van der Waals surface area contributed by atoms with Gasteiger partial charge in [-0.3, -0.25) is 9.59 Å². The fraction of sp³-hybridized carbons (Fsp3) is 0.217. The number of benzene rings is 2. The molecule has 1 aromatic heterocycles. The van der Waals surface area contributed by atoms with Crippen molar-refractivity contribution in [2.45, 2.75) is 24.3 Å². The average molecular weight is 474 g/mol. The van der Waals surface area contributed by atoms with Gasteiger partial charge in [-0.1, -0.05) is 12.1 Å². The van der Waals surface area contributed by atoms with Gasteiger partial charge < -0.3 is 15.1 Å². The summed E-state index contributed by atoms with van der Waals surface area (Å²) in [6, 6.07) is 14.6. The van der Waals surface area contributed by atoms with E-state index in [-0.39, 0.29) is 42.6 Å². The van der Waals surface area contributed by atoms with Gasteiger partial charge in [-0.05, 0) is 55.0 Å². The second kappa shape index (κ2) is 10.9. The molecule has 0 bridgehead atoms. The molecule has 2 N–H and O–H groups in total. The number of para-hydroxylation sites is 1. The summed E-state index contributed by atoms with van der Waals surface area (Å²) >= 11 is 0. The van der Waals surface area contributed by atoms with Gasteiger partial charge in [-0.15, -0.1) is 0 Å². The predicted octanol–water partition coefficient (Wildman–Crippen LogP) is 3.39. The van der Waals surface area contributed by atoms with E-state index >= 15 is 0 Å². The zero-order valence-corrected chi connectivity index (χ0v) is 18.8. The third-order valence-electron chi connectivity index (χ3n) is 4.85. The molecule has 0 unspecified atom stereocenters. The molecule has 0 aliphatic carbocycles. The Morgan fingerprint density at radius 3 is 2.45 bits per heavy atom. The molecule has 0 spiro atoms. The lowest BCUT2D eigenvalue weighted by molar-refractivity contribution is -0.116. The van der Waals surface area contributed by atoms with Crippen molar-refractivity contribution in [2.24, 2.45) is 0 Å². The lowest BCUT2D eigenvalue weighted by Crippen LogP contribution is -2.29. The van der Waals surface area contributed by atoms with Gasteiger partial charge in [-0.2, -0.15) is 0 Å². The zero-order chi connectivity index (χ0) is 23.8. The summed E-state index contributed by atoms with van der Waals surface area (Å²) in [4.78, 5) is 24.9. The number of nitrogens with one attached hydrogen (secondary N) is 2. The van der Waals surface area contributed by atoms with Crippen LogP contribution >= 0.6 is 0 Å². The first-order valence-electron chi connectivity index (χ1n) is 10.2. The summed E-state index contributed by atoms with van der Waals surface area (Å²) in [5.74, 6) is -0.644. The first kappa shape index (κ1) is 24.1. The van der Waals surface area contributed by atoms with Crippen LogP contribution in [0.3, 0.4) is 0 Å². The Kier molecular flexibility index (Phi) is 7.96. The molecule has 3 rings (SSSR count). The largest absolute Gasteiger partial charge is 0.467 e. The molecule has 0 atom stereocenters. The van der Waals surface area contributed by atoms with Crippen molar-refractivity contribution in [3.63, 3.8) is 0 Å². The summed E-state index contributed by atoms with van der Waals surface area (Å²) in [5.41, 5.74) is 0.653. The first-order valence-corrected chi connectivity index (χ1v) is 11.6. The zero-order valence-electron chi connectivity index (χ0n) is 18.0. The quantitative estimate of drug-likeness (QED) is 0.469. The van der Waals surface area contributed by atoms with Crippen molar-refractivity contribution in [1.29, 1.82) is 0 Å². The fourth-order valence-electron chi connectivity index (χ4n) is 3.05. The normalized spacial score (nSPS) is 11.4. The number of carbonyl (C=O) groups is 2. The van der Waals surface area contributed by atoms with Crippen LogP contribution in [0.25, 0.3) is 0 Å². The molecular weight excluding hydrogens is 449 g/mol. The smallest absolute Gasteiger partial charge is 0.253 e. The second-order valence-corrected chi connectivity index (χ2v) is 9.28. The summed E-state index contributed by atoms with van der Waals surface area (Å²) in [6.45, 7) is 0.307. The molecule has 1 heterocycles. The summed E-state index contributed by atoms with van der Waals surface area (Å²) in [5, 5.41) is 5.43. The van der Waals surface area contributed by atoms with E-state index in [2.05, 4.69) is 10.6 Å². The highest BCUT2D eigenvalue weighted by Crippen LogP contribution is 2.17. The van der Waals surface area contributed by atoms with Crippen molar-refractivity contribution >= 4 is 27.5 Å². The minimum atomic E-state index is -3.78. The van der Waals surface area contributed by atoms with Crippen molar-refractivity contribution in [1.82, 2.24) is 9.62 Å². The van der Waals surface area contributed by atoms with Crippen molar-refractivity contribution < 1.29 is 26.8 Å². The Bertz CT molecular complexity index is 1200. The van der Waals surface area contributed by atoms with Crippen molar-refractivity contribution in [2.75, 3.05) is 18.9 Å². The van der Waals surface area contributed by atoms with Gasteiger partial charge >= 0.3 is 0 Å². The van der Waals surface area contributed by atoms with Crippen LogP contribution in [0, 0.1) is 5.82 Å². The van der Waals surface area contributed by atoms with Crippen molar-refractivity contribution in [3.05, 3.63) is 84.1 Å². The van der Waals surface area contributed by atoms with E-state index in [0.29, 0.717) is 17.0 Å². The highest BCUT2D eigenvalue weighted by molar-refractivity contribution is 7.89. The molecule has 2 aromatic carbocycles. The highest BCUT2D eigenvalue weighted by Gasteiger charge is 2.21. The molecule has 0 radical (unpaired) electrons. The van der Waals surface area contributed by atoms with Gasteiger partial charge in [0.15, 0.2) is 0 Å². The topological polar surface area (TPSA) is 109 Å². The standard InChI is InChI=1S/C23H24FN3O5S/c1-27(33(30,31)19-12-10-17(24)11-13-19)14-4-9-22(28)26-21-8-3-2-7-20(21)23(29)25-16-18-6-5-15-32-18/h2-3,5-8,10-13,15H,4,9,14,16H2,1H3,(H,25,29)(H,26,28).